The molecule has 27 heavy (non-hydrogen) atoms. The average molecular weight is 363 g/mol. The SMILES string of the molecule is O=C(Cc1coc2cc3c(cc12)CCC3)NCC1(c2ccc(F)cc2)CC1. The van der Waals surface area contributed by atoms with Crippen molar-refractivity contribution in [2.24, 2.45) is 0 Å². The number of halogens is 1. The topological polar surface area (TPSA) is 42.2 Å². The highest BCUT2D eigenvalue weighted by Crippen LogP contribution is 2.47. The molecule has 5 rings (SSSR count). The second-order valence-corrected chi connectivity index (χ2v) is 7.97. The molecule has 1 aromatic heterocycles. The highest BCUT2D eigenvalue weighted by molar-refractivity contribution is 5.88. The molecular formula is C23H22FNO2. The summed E-state index contributed by atoms with van der Waals surface area (Å²) in [7, 11) is 0. The van der Waals surface area contributed by atoms with Crippen molar-refractivity contribution in [2.75, 3.05) is 6.54 Å². The van der Waals surface area contributed by atoms with E-state index in [1.54, 1.807) is 6.26 Å². The Hall–Kier alpha value is -2.62. The molecule has 138 valence electrons. The molecule has 0 spiro atoms. The quantitative estimate of drug-likeness (QED) is 0.728. The molecule has 1 saturated carbocycles. The van der Waals surface area contributed by atoms with Crippen LogP contribution in [0.5, 0.6) is 0 Å². The summed E-state index contributed by atoms with van der Waals surface area (Å²) in [5.41, 5.74) is 5.67. The van der Waals surface area contributed by atoms with Gasteiger partial charge >= 0.3 is 0 Å². The van der Waals surface area contributed by atoms with Crippen LogP contribution < -0.4 is 5.32 Å². The standard InChI is InChI=1S/C23H22FNO2/c24-19-6-4-18(5-7-19)23(8-9-23)14-25-22(26)12-17-13-27-21-11-16-3-1-2-15(16)10-20(17)21/h4-7,10-11,13H,1-3,8-9,12,14H2,(H,25,26). The van der Waals surface area contributed by atoms with Crippen LogP contribution in [0.2, 0.25) is 0 Å². The summed E-state index contributed by atoms with van der Waals surface area (Å²) >= 11 is 0. The van der Waals surface area contributed by atoms with E-state index in [1.165, 1.54) is 29.7 Å². The van der Waals surface area contributed by atoms with E-state index in [9.17, 15) is 9.18 Å². The molecule has 0 aliphatic heterocycles. The number of rotatable bonds is 5. The van der Waals surface area contributed by atoms with Crippen LogP contribution in [0.1, 0.15) is 41.5 Å². The van der Waals surface area contributed by atoms with Gasteiger partial charge in [-0.2, -0.15) is 0 Å². The van der Waals surface area contributed by atoms with Crippen LogP contribution >= 0.6 is 0 Å². The second-order valence-electron chi connectivity index (χ2n) is 7.97. The Labute approximate surface area is 157 Å². The first-order chi connectivity index (χ1) is 13.1. The van der Waals surface area contributed by atoms with E-state index in [0.29, 0.717) is 13.0 Å². The van der Waals surface area contributed by atoms with Crippen molar-refractivity contribution >= 4 is 16.9 Å². The third-order valence-corrected chi connectivity index (χ3v) is 6.15. The Morgan fingerprint density at radius 3 is 2.59 bits per heavy atom. The first-order valence-electron chi connectivity index (χ1n) is 9.68. The van der Waals surface area contributed by atoms with Crippen molar-refractivity contribution in [1.29, 1.82) is 0 Å². The van der Waals surface area contributed by atoms with E-state index in [4.69, 9.17) is 4.42 Å². The molecule has 1 heterocycles. The summed E-state index contributed by atoms with van der Waals surface area (Å²) in [6, 6.07) is 11.0. The molecule has 2 aromatic carbocycles. The average Bonchev–Trinajstić information content (AvgIpc) is 3.16. The minimum atomic E-state index is -0.225. The first-order valence-corrected chi connectivity index (χ1v) is 9.68. The van der Waals surface area contributed by atoms with E-state index in [1.807, 2.05) is 12.1 Å². The molecule has 0 atom stereocenters. The van der Waals surface area contributed by atoms with E-state index in [0.717, 1.165) is 47.8 Å². The molecule has 0 radical (unpaired) electrons. The summed E-state index contributed by atoms with van der Waals surface area (Å²) in [6.07, 6.45) is 7.52. The molecule has 3 aromatic rings. The molecule has 1 fully saturated rings. The fourth-order valence-corrected chi connectivity index (χ4v) is 4.31. The van der Waals surface area contributed by atoms with Gasteiger partial charge in [-0.05, 0) is 73.1 Å². The Bertz CT molecular complexity index is 1010. The van der Waals surface area contributed by atoms with Gasteiger partial charge in [0.25, 0.3) is 0 Å². The Balaban J connectivity index is 1.27. The lowest BCUT2D eigenvalue weighted by Gasteiger charge is -2.16. The Morgan fingerprint density at radius 2 is 1.85 bits per heavy atom. The third-order valence-electron chi connectivity index (χ3n) is 6.15. The monoisotopic (exact) mass is 363 g/mol. The van der Waals surface area contributed by atoms with Crippen LogP contribution in [0.3, 0.4) is 0 Å². The second kappa shape index (κ2) is 6.22. The molecular weight excluding hydrogens is 341 g/mol. The Kier molecular flexibility index (Phi) is 3.81. The van der Waals surface area contributed by atoms with Gasteiger partial charge in [-0.3, -0.25) is 4.79 Å². The van der Waals surface area contributed by atoms with Crippen LogP contribution in [0.15, 0.2) is 47.1 Å². The lowest BCUT2D eigenvalue weighted by Crippen LogP contribution is -2.33. The summed E-state index contributed by atoms with van der Waals surface area (Å²) in [6.45, 7) is 0.600. The first kappa shape index (κ1) is 16.5. The molecule has 0 bridgehead atoms. The normalized spacial score (nSPS) is 17.1. The predicted molar refractivity (Wildman–Crippen MR) is 102 cm³/mol. The molecule has 0 unspecified atom stereocenters. The number of carbonyl (C=O) groups excluding carboxylic acids is 1. The lowest BCUT2D eigenvalue weighted by atomic mass is 9.96. The molecule has 3 nitrogen and oxygen atoms in total. The predicted octanol–water partition coefficient (Wildman–Crippen LogP) is 4.45. The fraction of sp³-hybridized carbons (Fsp3) is 0.348. The van der Waals surface area contributed by atoms with Gasteiger partial charge in [0.15, 0.2) is 0 Å². The van der Waals surface area contributed by atoms with E-state index >= 15 is 0 Å². The van der Waals surface area contributed by atoms with Gasteiger partial charge in [0.05, 0.1) is 12.7 Å². The molecule has 2 aliphatic rings. The van der Waals surface area contributed by atoms with E-state index in [-0.39, 0.29) is 17.1 Å². The summed E-state index contributed by atoms with van der Waals surface area (Å²) in [5, 5.41) is 4.14. The van der Waals surface area contributed by atoms with Crippen molar-refractivity contribution in [3.05, 3.63) is 70.7 Å². The van der Waals surface area contributed by atoms with Gasteiger partial charge in [-0.25, -0.2) is 4.39 Å². The zero-order valence-corrected chi connectivity index (χ0v) is 15.2. The van der Waals surface area contributed by atoms with Gasteiger partial charge in [0.1, 0.15) is 11.4 Å². The van der Waals surface area contributed by atoms with Gasteiger partial charge in [0, 0.05) is 22.9 Å². The van der Waals surface area contributed by atoms with Gasteiger partial charge in [0.2, 0.25) is 5.91 Å². The number of hydrogen-bond acceptors (Lipinski definition) is 2. The number of nitrogens with one attached hydrogen (secondary N) is 1. The van der Waals surface area contributed by atoms with Crippen LogP contribution in [0.4, 0.5) is 4.39 Å². The number of hydrogen-bond donors (Lipinski definition) is 1. The number of aryl methyl sites for hydroxylation is 2. The van der Waals surface area contributed by atoms with Gasteiger partial charge in [-0.1, -0.05) is 12.1 Å². The van der Waals surface area contributed by atoms with Crippen LogP contribution in [-0.2, 0) is 29.5 Å². The summed E-state index contributed by atoms with van der Waals surface area (Å²) < 4.78 is 18.9. The Morgan fingerprint density at radius 1 is 1.11 bits per heavy atom. The minimum Gasteiger partial charge on any atom is -0.464 e. The lowest BCUT2D eigenvalue weighted by molar-refractivity contribution is -0.120. The van der Waals surface area contributed by atoms with Crippen molar-refractivity contribution < 1.29 is 13.6 Å². The number of fused-ring (bicyclic) bond motifs is 2. The zero-order chi connectivity index (χ0) is 18.4. The van der Waals surface area contributed by atoms with E-state index in [2.05, 4.69) is 17.4 Å². The number of amides is 1. The maximum Gasteiger partial charge on any atom is 0.224 e. The van der Waals surface area contributed by atoms with E-state index < -0.39 is 0 Å². The van der Waals surface area contributed by atoms with Crippen molar-refractivity contribution in [3.63, 3.8) is 0 Å². The smallest absolute Gasteiger partial charge is 0.224 e. The van der Waals surface area contributed by atoms with Gasteiger partial charge in [-0.15, -0.1) is 0 Å². The zero-order valence-electron chi connectivity index (χ0n) is 15.2. The maximum atomic E-state index is 13.2. The number of carbonyl (C=O) groups is 1. The highest BCUT2D eigenvalue weighted by atomic mass is 19.1. The van der Waals surface area contributed by atoms with Gasteiger partial charge < -0.3 is 9.73 Å². The van der Waals surface area contributed by atoms with Crippen LogP contribution in [0, 0.1) is 5.82 Å². The largest absolute Gasteiger partial charge is 0.464 e. The minimum absolute atomic E-state index is 0.00610. The highest BCUT2D eigenvalue weighted by Gasteiger charge is 2.44. The maximum absolute atomic E-state index is 13.2. The molecule has 0 saturated heterocycles. The number of benzene rings is 2. The molecule has 2 aliphatic carbocycles. The number of furan rings is 1. The van der Waals surface area contributed by atoms with Crippen molar-refractivity contribution in [2.45, 2.75) is 43.9 Å². The third kappa shape index (κ3) is 3.03. The molecule has 1 amide bonds. The van der Waals surface area contributed by atoms with Crippen molar-refractivity contribution in [3.8, 4) is 0 Å². The van der Waals surface area contributed by atoms with Crippen molar-refractivity contribution in [1.82, 2.24) is 5.32 Å². The van der Waals surface area contributed by atoms with Crippen LogP contribution in [0.25, 0.3) is 11.0 Å². The van der Waals surface area contributed by atoms with Crippen LogP contribution in [-0.4, -0.2) is 12.5 Å². The summed E-state index contributed by atoms with van der Waals surface area (Å²) in [4.78, 5) is 12.5. The fourth-order valence-electron chi connectivity index (χ4n) is 4.31. The summed E-state index contributed by atoms with van der Waals surface area (Å²) in [5.74, 6) is -0.219. The molecule has 1 N–H and O–H groups in total. The molecule has 4 heteroatoms.